The van der Waals surface area contributed by atoms with E-state index in [-0.39, 0.29) is 10.3 Å². The normalized spacial score (nSPS) is 16.3. The Kier molecular flexibility index (Phi) is 5.35. The fourth-order valence-corrected chi connectivity index (χ4v) is 4.82. The van der Waals surface area contributed by atoms with Gasteiger partial charge in [-0.25, -0.2) is 8.42 Å². The van der Waals surface area contributed by atoms with Crippen molar-refractivity contribution in [1.82, 2.24) is 14.2 Å². The van der Waals surface area contributed by atoms with E-state index in [2.05, 4.69) is 31.6 Å². The first-order chi connectivity index (χ1) is 15.1. The van der Waals surface area contributed by atoms with Gasteiger partial charge in [0, 0.05) is 26.0 Å². The summed E-state index contributed by atoms with van der Waals surface area (Å²) >= 11 is 0. The molecule has 0 atom stereocenters. The lowest BCUT2D eigenvalue weighted by atomic mass is 9.87. The number of hydrogen-bond acceptors (Lipinski definition) is 4. The molecule has 2 aliphatic rings. The van der Waals surface area contributed by atoms with Crippen molar-refractivity contribution in [2.45, 2.75) is 31.1 Å². The molecule has 1 aromatic carbocycles. The number of fused-ring (bicyclic) bond motifs is 1. The van der Waals surface area contributed by atoms with Crippen molar-refractivity contribution in [3.8, 4) is 6.07 Å². The van der Waals surface area contributed by atoms with Gasteiger partial charge in [-0.05, 0) is 58.5 Å². The molecule has 2 aromatic rings. The van der Waals surface area contributed by atoms with Crippen molar-refractivity contribution in [3.63, 3.8) is 0 Å². The lowest BCUT2D eigenvalue weighted by Crippen LogP contribution is -2.37. The van der Waals surface area contributed by atoms with E-state index in [1.54, 1.807) is 24.3 Å². The summed E-state index contributed by atoms with van der Waals surface area (Å²) in [6.45, 7) is 6.71. The highest BCUT2D eigenvalue weighted by molar-refractivity contribution is 7.89. The molecule has 164 valence electrons. The first-order valence-corrected chi connectivity index (χ1v) is 11.8. The van der Waals surface area contributed by atoms with Crippen LogP contribution in [0, 0.1) is 11.3 Å². The van der Waals surface area contributed by atoms with Crippen molar-refractivity contribution in [3.05, 3.63) is 95.2 Å². The van der Waals surface area contributed by atoms with E-state index in [1.165, 1.54) is 0 Å². The van der Waals surface area contributed by atoms with Gasteiger partial charge in [-0.3, -0.25) is 4.72 Å². The highest BCUT2D eigenvalue weighted by Gasteiger charge is 2.27. The van der Waals surface area contributed by atoms with Crippen LogP contribution >= 0.6 is 0 Å². The van der Waals surface area contributed by atoms with Crippen LogP contribution in [-0.2, 0) is 22.5 Å². The van der Waals surface area contributed by atoms with Gasteiger partial charge in [0.1, 0.15) is 11.9 Å². The fraction of sp³-hybridized carbons (Fsp3) is 0.240. The van der Waals surface area contributed by atoms with E-state index in [4.69, 9.17) is 0 Å². The zero-order valence-corrected chi connectivity index (χ0v) is 19.4. The summed E-state index contributed by atoms with van der Waals surface area (Å²) in [6, 6.07) is 11.2. The first-order valence-electron chi connectivity index (χ1n) is 10.4. The van der Waals surface area contributed by atoms with E-state index in [0.29, 0.717) is 23.6 Å². The summed E-state index contributed by atoms with van der Waals surface area (Å²) in [5, 5.41) is 9.60. The molecule has 7 heteroatoms. The zero-order chi connectivity index (χ0) is 23.1. The number of rotatable bonds is 4. The number of nitrogens with zero attached hydrogens (tertiary/aromatic N) is 3. The summed E-state index contributed by atoms with van der Waals surface area (Å²) in [4.78, 5) is 2.01. The summed E-state index contributed by atoms with van der Waals surface area (Å²) in [5.41, 5.74) is 4.22. The molecule has 0 fully saturated rings. The lowest BCUT2D eigenvalue weighted by Gasteiger charge is -2.33. The molecule has 0 aliphatic carbocycles. The number of benzene rings is 1. The van der Waals surface area contributed by atoms with Crippen LogP contribution in [0.3, 0.4) is 0 Å². The Balaban J connectivity index is 1.62. The molecular formula is C25H26N4O2S. The van der Waals surface area contributed by atoms with Gasteiger partial charge >= 0.3 is 0 Å². The molecular weight excluding hydrogens is 420 g/mol. The maximum Gasteiger partial charge on any atom is 0.262 e. The number of sulfonamides is 1. The molecule has 4 rings (SSSR count). The van der Waals surface area contributed by atoms with Crippen LogP contribution < -0.4 is 4.72 Å². The molecule has 1 N–H and O–H groups in total. The van der Waals surface area contributed by atoms with Gasteiger partial charge in [0.05, 0.1) is 16.2 Å². The van der Waals surface area contributed by atoms with Crippen LogP contribution in [0.15, 0.2) is 89.0 Å². The third-order valence-electron chi connectivity index (χ3n) is 5.61. The average Bonchev–Trinajstić information content (AvgIpc) is 3.19. The van der Waals surface area contributed by atoms with Crippen molar-refractivity contribution >= 4 is 15.6 Å². The Bertz CT molecular complexity index is 1330. The van der Waals surface area contributed by atoms with Gasteiger partial charge in [-0.1, -0.05) is 39.0 Å². The van der Waals surface area contributed by atoms with Gasteiger partial charge in [-0.2, -0.15) is 5.26 Å². The summed E-state index contributed by atoms with van der Waals surface area (Å²) in [5.74, 6) is 0.415. The Morgan fingerprint density at radius 3 is 2.41 bits per heavy atom. The quantitative estimate of drug-likeness (QED) is 0.764. The summed E-state index contributed by atoms with van der Waals surface area (Å²) in [7, 11) is -1.83. The van der Waals surface area contributed by atoms with E-state index >= 15 is 0 Å². The van der Waals surface area contributed by atoms with E-state index in [0.717, 1.165) is 16.7 Å². The Labute approximate surface area is 189 Å². The molecule has 0 saturated heterocycles. The molecule has 6 nitrogen and oxygen atoms in total. The zero-order valence-electron chi connectivity index (χ0n) is 18.6. The van der Waals surface area contributed by atoms with E-state index in [1.807, 2.05) is 59.3 Å². The second kappa shape index (κ2) is 7.88. The minimum Gasteiger partial charge on any atom is -0.357 e. The number of hydrogen-bond donors (Lipinski definition) is 1. The first kappa shape index (κ1) is 21.7. The van der Waals surface area contributed by atoms with Crippen LogP contribution in [0.25, 0.3) is 5.57 Å². The molecule has 2 aliphatic heterocycles. The number of aryl methyl sites for hydroxylation is 1. The monoisotopic (exact) mass is 446 g/mol. The number of nitriles is 1. The molecule has 1 aromatic heterocycles. The molecule has 0 spiro atoms. The van der Waals surface area contributed by atoms with Gasteiger partial charge < -0.3 is 9.47 Å². The van der Waals surface area contributed by atoms with Gasteiger partial charge in [-0.15, -0.1) is 0 Å². The van der Waals surface area contributed by atoms with E-state index < -0.39 is 10.0 Å². The van der Waals surface area contributed by atoms with Gasteiger partial charge in [0.2, 0.25) is 0 Å². The fourth-order valence-electron chi connectivity index (χ4n) is 3.75. The van der Waals surface area contributed by atoms with Crippen LogP contribution in [-0.4, -0.2) is 24.4 Å². The summed E-state index contributed by atoms with van der Waals surface area (Å²) < 4.78 is 30.8. The maximum atomic E-state index is 13.1. The number of nitrogens with one attached hydrogen (secondary N) is 1. The standard InChI is InChI=1S/C25H26N4O2S/c1-25(2,3)21-6-8-22(9-7-21)32(30,31)27-24-10-5-19(16-26)23-15-18(12-14-29(23)24)20-11-13-28(4)17-20/h5-13,15,17,27H,14H2,1-4H3. The van der Waals surface area contributed by atoms with E-state index in [9.17, 15) is 13.7 Å². The van der Waals surface area contributed by atoms with Crippen LogP contribution in [0.1, 0.15) is 31.9 Å². The molecule has 0 saturated carbocycles. The smallest absolute Gasteiger partial charge is 0.262 e. The molecule has 0 amide bonds. The third kappa shape index (κ3) is 4.14. The summed E-state index contributed by atoms with van der Waals surface area (Å²) in [6.07, 6.45) is 11.2. The Hall–Kier alpha value is -3.50. The van der Waals surface area contributed by atoms with Crippen molar-refractivity contribution < 1.29 is 8.42 Å². The van der Waals surface area contributed by atoms with Crippen LogP contribution in [0.4, 0.5) is 0 Å². The molecule has 0 unspecified atom stereocenters. The second-order valence-corrected chi connectivity index (χ2v) is 10.7. The maximum absolute atomic E-state index is 13.1. The number of allylic oxidation sites excluding steroid dienone is 5. The third-order valence-corrected chi connectivity index (χ3v) is 6.98. The Morgan fingerprint density at radius 1 is 1.09 bits per heavy atom. The Morgan fingerprint density at radius 2 is 1.81 bits per heavy atom. The minimum absolute atomic E-state index is 0.0591. The minimum atomic E-state index is -3.78. The van der Waals surface area contributed by atoms with Gasteiger partial charge in [0.15, 0.2) is 0 Å². The predicted molar refractivity (Wildman–Crippen MR) is 125 cm³/mol. The molecule has 3 heterocycles. The predicted octanol–water partition coefficient (Wildman–Crippen LogP) is 4.19. The average molecular weight is 447 g/mol. The highest BCUT2D eigenvalue weighted by Crippen LogP contribution is 2.32. The molecule has 0 radical (unpaired) electrons. The SMILES string of the molecule is Cn1ccc(C2=CCN3C(NS(=O)(=O)c4ccc(C(C)(C)C)cc4)=CC=C(C#N)C3=C2)c1. The largest absolute Gasteiger partial charge is 0.357 e. The van der Waals surface area contributed by atoms with Crippen molar-refractivity contribution in [2.75, 3.05) is 6.54 Å². The topological polar surface area (TPSA) is 78.1 Å². The highest BCUT2D eigenvalue weighted by atomic mass is 32.2. The number of aromatic nitrogens is 1. The van der Waals surface area contributed by atoms with Crippen LogP contribution in [0.5, 0.6) is 0 Å². The van der Waals surface area contributed by atoms with Crippen LogP contribution in [0.2, 0.25) is 0 Å². The van der Waals surface area contributed by atoms with Crippen molar-refractivity contribution in [1.29, 1.82) is 5.26 Å². The molecule has 32 heavy (non-hydrogen) atoms. The lowest BCUT2D eigenvalue weighted by molar-refractivity contribution is 0.452. The van der Waals surface area contributed by atoms with Gasteiger partial charge in [0.25, 0.3) is 10.0 Å². The van der Waals surface area contributed by atoms with Crippen molar-refractivity contribution in [2.24, 2.45) is 7.05 Å². The second-order valence-electron chi connectivity index (χ2n) is 8.99. The molecule has 0 bridgehead atoms.